The van der Waals surface area contributed by atoms with Crippen molar-refractivity contribution >= 4 is 28.5 Å². The molecule has 0 aliphatic rings. The molecule has 1 amide bonds. The summed E-state index contributed by atoms with van der Waals surface area (Å²) in [7, 11) is 0. The third-order valence-corrected chi connectivity index (χ3v) is 4.19. The Morgan fingerprint density at radius 3 is 2.70 bits per heavy atom. The predicted molar refractivity (Wildman–Crippen MR) is 103 cm³/mol. The average molecular weight is 388 g/mol. The van der Waals surface area contributed by atoms with Crippen molar-refractivity contribution in [1.82, 2.24) is 5.32 Å². The minimum atomic E-state index is -0.489. The maximum absolute atomic E-state index is 12.0. The van der Waals surface area contributed by atoms with Gasteiger partial charge in [-0.2, -0.15) is 0 Å². The topological polar surface area (TPSA) is 88.8 Å². The molecule has 0 spiro atoms. The number of hydrogen-bond acceptors (Lipinski definition) is 5. The van der Waals surface area contributed by atoms with Gasteiger partial charge < -0.3 is 19.6 Å². The van der Waals surface area contributed by atoms with Crippen molar-refractivity contribution in [2.24, 2.45) is 0 Å². The molecule has 0 fully saturated rings. The van der Waals surface area contributed by atoms with E-state index in [1.54, 1.807) is 6.07 Å². The maximum Gasteiger partial charge on any atom is 0.336 e. The molecule has 0 radical (unpaired) electrons. The third-order valence-electron chi connectivity index (χ3n) is 3.90. The largest absolute Gasteiger partial charge is 0.482 e. The second-order valence-electron chi connectivity index (χ2n) is 5.84. The molecule has 3 rings (SSSR count). The number of nitrogens with one attached hydrogen (secondary N) is 1. The fourth-order valence-corrected chi connectivity index (χ4v) is 2.85. The number of carbonyl (C=O) groups is 1. The lowest BCUT2D eigenvalue weighted by Crippen LogP contribution is -2.30. The summed E-state index contributed by atoms with van der Waals surface area (Å²) in [5, 5.41) is 12.3. The van der Waals surface area contributed by atoms with E-state index >= 15 is 0 Å². The van der Waals surface area contributed by atoms with E-state index in [0.717, 1.165) is 5.56 Å². The Balaban J connectivity index is 1.89. The van der Waals surface area contributed by atoms with Crippen LogP contribution in [-0.2, 0) is 4.79 Å². The van der Waals surface area contributed by atoms with Crippen LogP contribution in [0.3, 0.4) is 0 Å². The van der Waals surface area contributed by atoms with Gasteiger partial charge in [-0.1, -0.05) is 41.9 Å². The summed E-state index contributed by atoms with van der Waals surface area (Å²) >= 11 is 6.30. The SMILES string of the molecule is O=C(COc1cc2oc(=O)cc(-c3ccccc3)c2cc1Cl)NCCCO. The van der Waals surface area contributed by atoms with Gasteiger partial charge in [-0.05, 0) is 23.6 Å². The summed E-state index contributed by atoms with van der Waals surface area (Å²) in [4.78, 5) is 23.7. The first-order chi connectivity index (χ1) is 13.1. The van der Waals surface area contributed by atoms with Crippen LogP contribution in [0.5, 0.6) is 5.75 Å². The highest BCUT2D eigenvalue weighted by atomic mass is 35.5. The molecule has 6 nitrogen and oxygen atoms in total. The monoisotopic (exact) mass is 387 g/mol. The van der Waals surface area contributed by atoms with Crippen LogP contribution in [0.1, 0.15) is 6.42 Å². The fraction of sp³-hybridized carbons (Fsp3) is 0.200. The van der Waals surface area contributed by atoms with Crippen molar-refractivity contribution in [3.8, 4) is 16.9 Å². The lowest BCUT2D eigenvalue weighted by atomic mass is 10.0. The molecule has 2 aromatic carbocycles. The van der Waals surface area contributed by atoms with Crippen molar-refractivity contribution in [3.05, 3.63) is 64.0 Å². The summed E-state index contributed by atoms with van der Waals surface area (Å²) in [5.74, 6) is -0.0889. The molecule has 0 saturated carbocycles. The molecule has 0 aliphatic heterocycles. The lowest BCUT2D eigenvalue weighted by molar-refractivity contribution is -0.123. The van der Waals surface area contributed by atoms with E-state index in [1.165, 1.54) is 12.1 Å². The Bertz CT molecular complexity index is 1000. The molecular formula is C20H18ClNO5. The number of halogens is 1. The first kappa shape index (κ1) is 18.9. The highest BCUT2D eigenvalue weighted by Gasteiger charge is 2.13. The minimum Gasteiger partial charge on any atom is -0.482 e. The molecule has 3 aromatic rings. The van der Waals surface area contributed by atoms with Crippen molar-refractivity contribution < 1.29 is 19.1 Å². The van der Waals surface area contributed by atoms with Crippen molar-refractivity contribution in [3.63, 3.8) is 0 Å². The Morgan fingerprint density at radius 2 is 1.96 bits per heavy atom. The minimum absolute atomic E-state index is 0.000417. The Kier molecular flexibility index (Phi) is 6.11. The molecule has 140 valence electrons. The van der Waals surface area contributed by atoms with Crippen LogP contribution in [-0.4, -0.2) is 30.8 Å². The first-order valence-corrected chi connectivity index (χ1v) is 8.79. The summed E-state index contributed by atoms with van der Waals surface area (Å²) < 4.78 is 10.7. The number of fused-ring (bicyclic) bond motifs is 1. The zero-order valence-electron chi connectivity index (χ0n) is 14.4. The summed E-state index contributed by atoms with van der Waals surface area (Å²) in [5.41, 5.74) is 1.40. The number of rotatable bonds is 7. The van der Waals surface area contributed by atoms with E-state index in [-0.39, 0.29) is 24.9 Å². The van der Waals surface area contributed by atoms with Gasteiger partial charge in [-0.15, -0.1) is 0 Å². The highest BCUT2D eigenvalue weighted by Crippen LogP contribution is 2.34. The standard InChI is InChI=1S/C20H18ClNO5/c21-16-9-15-14(13-5-2-1-3-6-13)10-20(25)27-17(15)11-18(16)26-12-19(24)22-7-4-8-23/h1-3,5-6,9-11,23H,4,7-8,12H2,(H,22,24). The van der Waals surface area contributed by atoms with E-state index in [0.29, 0.717) is 34.5 Å². The fourth-order valence-electron chi connectivity index (χ4n) is 2.63. The Hall–Kier alpha value is -2.83. The molecule has 0 bridgehead atoms. The predicted octanol–water partition coefficient (Wildman–Crippen LogP) is 2.99. The number of aliphatic hydroxyl groups excluding tert-OH is 1. The summed E-state index contributed by atoms with van der Waals surface area (Å²) in [6.07, 6.45) is 0.468. The maximum atomic E-state index is 12.0. The van der Waals surface area contributed by atoms with Crippen LogP contribution in [0.15, 0.2) is 57.7 Å². The van der Waals surface area contributed by atoms with Crippen LogP contribution in [0.4, 0.5) is 0 Å². The van der Waals surface area contributed by atoms with E-state index in [2.05, 4.69) is 5.32 Å². The molecule has 0 aliphatic carbocycles. The Morgan fingerprint density at radius 1 is 1.19 bits per heavy atom. The number of benzene rings is 2. The molecule has 1 heterocycles. The lowest BCUT2D eigenvalue weighted by Gasteiger charge is -2.11. The molecule has 0 atom stereocenters. The quantitative estimate of drug-likeness (QED) is 0.480. The van der Waals surface area contributed by atoms with Gasteiger partial charge in [0.2, 0.25) is 0 Å². The van der Waals surface area contributed by atoms with Gasteiger partial charge in [0.1, 0.15) is 11.3 Å². The van der Waals surface area contributed by atoms with Crippen molar-refractivity contribution in [2.45, 2.75) is 6.42 Å². The van der Waals surface area contributed by atoms with Gasteiger partial charge in [0.05, 0.1) is 5.02 Å². The number of hydrogen-bond donors (Lipinski definition) is 2. The van der Waals surface area contributed by atoms with Crippen molar-refractivity contribution in [2.75, 3.05) is 19.8 Å². The number of amides is 1. The van der Waals surface area contributed by atoms with Gasteiger partial charge in [0.25, 0.3) is 5.91 Å². The number of ether oxygens (including phenoxy) is 1. The van der Waals surface area contributed by atoms with E-state index in [1.807, 2.05) is 30.3 Å². The molecule has 0 saturated heterocycles. The van der Waals surface area contributed by atoms with E-state index in [4.69, 9.17) is 25.9 Å². The molecule has 27 heavy (non-hydrogen) atoms. The molecule has 2 N–H and O–H groups in total. The van der Waals surface area contributed by atoms with Crippen LogP contribution in [0.2, 0.25) is 5.02 Å². The smallest absolute Gasteiger partial charge is 0.336 e. The number of aliphatic hydroxyl groups is 1. The van der Waals surface area contributed by atoms with Gasteiger partial charge in [-0.25, -0.2) is 4.79 Å². The van der Waals surface area contributed by atoms with E-state index in [9.17, 15) is 9.59 Å². The molecule has 7 heteroatoms. The van der Waals surface area contributed by atoms with Gasteiger partial charge >= 0.3 is 5.63 Å². The van der Waals surface area contributed by atoms with Gasteiger partial charge in [-0.3, -0.25) is 4.79 Å². The van der Waals surface area contributed by atoms with Gasteiger partial charge in [0.15, 0.2) is 6.61 Å². The van der Waals surface area contributed by atoms with Gasteiger partial charge in [0, 0.05) is 30.7 Å². The Labute approximate surface area is 160 Å². The second kappa shape index (κ2) is 8.70. The first-order valence-electron chi connectivity index (χ1n) is 8.41. The zero-order chi connectivity index (χ0) is 19.2. The summed E-state index contributed by atoms with van der Waals surface area (Å²) in [6, 6.07) is 14.0. The number of carbonyl (C=O) groups excluding carboxylic acids is 1. The highest BCUT2D eigenvalue weighted by molar-refractivity contribution is 6.33. The zero-order valence-corrected chi connectivity index (χ0v) is 15.2. The molecule has 0 unspecified atom stereocenters. The summed E-state index contributed by atoms with van der Waals surface area (Å²) in [6.45, 7) is 0.124. The van der Waals surface area contributed by atoms with Crippen LogP contribution >= 0.6 is 11.6 Å². The van der Waals surface area contributed by atoms with E-state index < -0.39 is 5.63 Å². The van der Waals surface area contributed by atoms with Crippen molar-refractivity contribution in [1.29, 1.82) is 0 Å². The molecular weight excluding hydrogens is 370 g/mol. The van der Waals surface area contributed by atoms with Crippen LogP contribution < -0.4 is 15.7 Å². The van der Waals surface area contributed by atoms with Crippen LogP contribution in [0.25, 0.3) is 22.1 Å². The third kappa shape index (κ3) is 4.67. The second-order valence-corrected chi connectivity index (χ2v) is 6.25. The normalized spacial score (nSPS) is 10.7. The average Bonchev–Trinajstić information content (AvgIpc) is 2.67. The molecule has 1 aromatic heterocycles. The van der Waals surface area contributed by atoms with Crippen LogP contribution in [0, 0.1) is 0 Å².